The van der Waals surface area contributed by atoms with E-state index < -0.39 is 0 Å². The maximum absolute atomic E-state index is 11.6. The smallest absolute Gasteiger partial charge is 0.244 e. The third-order valence-corrected chi connectivity index (χ3v) is 3.11. The number of nitrogens with one attached hydrogen (secondary N) is 1. The zero-order valence-electron chi connectivity index (χ0n) is 10.8. The van der Waals surface area contributed by atoms with Gasteiger partial charge in [0.2, 0.25) is 5.91 Å². The van der Waals surface area contributed by atoms with Gasteiger partial charge in [-0.25, -0.2) is 0 Å². The van der Waals surface area contributed by atoms with Crippen LogP contribution in [0.3, 0.4) is 0 Å². The molecule has 1 heterocycles. The predicted molar refractivity (Wildman–Crippen MR) is 71.3 cm³/mol. The normalized spacial score (nSPS) is 12.9. The standard InChI is InChI=1S/C12H18ClN3O2/c1-4-9(7-17)14-11(18)6-5-10-8(2)15-16(3)12(10)13/h5-6,9,17H,4,7H2,1-3H3,(H,14,18)/b6-5+/t9-/m1/s1. The van der Waals surface area contributed by atoms with E-state index in [2.05, 4.69) is 10.4 Å². The van der Waals surface area contributed by atoms with Gasteiger partial charge in [-0.05, 0) is 19.4 Å². The van der Waals surface area contributed by atoms with Gasteiger partial charge in [0.05, 0.1) is 18.3 Å². The average Bonchev–Trinajstić information content (AvgIpc) is 2.58. The lowest BCUT2D eigenvalue weighted by Crippen LogP contribution is -2.35. The molecule has 6 heteroatoms. The van der Waals surface area contributed by atoms with Gasteiger partial charge >= 0.3 is 0 Å². The van der Waals surface area contributed by atoms with Crippen molar-refractivity contribution in [2.45, 2.75) is 26.3 Å². The van der Waals surface area contributed by atoms with Crippen LogP contribution in [0, 0.1) is 6.92 Å². The predicted octanol–water partition coefficient (Wildman–Crippen LogP) is 1.28. The Morgan fingerprint density at radius 3 is 2.78 bits per heavy atom. The Morgan fingerprint density at radius 1 is 1.67 bits per heavy atom. The molecule has 0 radical (unpaired) electrons. The Kier molecular flexibility index (Phi) is 5.37. The summed E-state index contributed by atoms with van der Waals surface area (Å²) in [7, 11) is 1.74. The van der Waals surface area contributed by atoms with E-state index in [9.17, 15) is 4.79 Å². The van der Waals surface area contributed by atoms with Crippen molar-refractivity contribution < 1.29 is 9.90 Å². The number of halogens is 1. The highest BCUT2D eigenvalue weighted by Gasteiger charge is 2.09. The minimum atomic E-state index is -0.254. The molecule has 100 valence electrons. The number of hydrogen-bond donors (Lipinski definition) is 2. The summed E-state index contributed by atoms with van der Waals surface area (Å²) in [5.41, 5.74) is 1.49. The number of aliphatic hydroxyl groups excluding tert-OH is 1. The summed E-state index contributed by atoms with van der Waals surface area (Å²) in [5, 5.41) is 16.3. The molecule has 1 aromatic heterocycles. The Hall–Kier alpha value is -1.33. The van der Waals surface area contributed by atoms with Gasteiger partial charge < -0.3 is 10.4 Å². The third-order valence-electron chi connectivity index (χ3n) is 2.66. The second-order valence-electron chi connectivity index (χ2n) is 4.04. The molecule has 2 N–H and O–H groups in total. The number of amides is 1. The number of aryl methyl sites for hydroxylation is 2. The number of aliphatic hydroxyl groups is 1. The summed E-state index contributed by atoms with van der Waals surface area (Å²) < 4.78 is 1.55. The van der Waals surface area contributed by atoms with Gasteiger partial charge in [0.1, 0.15) is 5.15 Å². The van der Waals surface area contributed by atoms with Crippen LogP contribution in [0.1, 0.15) is 24.6 Å². The molecule has 0 aliphatic carbocycles. The third kappa shape index (κ3) is 3.58. The quantitative estimate of drug-likeness (QED) is 0.793. The van der Waals surface area contributed by atoms with Crippen LogP contribution < -0.4 is 5.32 Å². The summed E-state index contributed by atoms with van der Waals surface area (Å²) in [5.74, 6) is -0.254. The van der Waals surface area contributed by atoms with Gasteiger partial charge in [-0.2, -0.15) is 5.10 Å². The first-order valence-electron chi connectivity index (χ1n) is 5.78. The largest absolute Gasteiger partial charge is 0.394 e. The molecule has 1 rings (SSSR count). The van der Waals surface area contributed by atoms with Crippen LogP contribution in [0.2, 0.25) is 5.15 Å². The molecule has 0 fully saturated rings. The Balaban J connectivity index is 2.72. The van der Waals surface area contributed by atoms with E-state index in [1.165, 1.54) is 6.08 Å². The van der Waals surface area contributed by atoms with Crippen LogP contribution in [0.15, 0.2) is 6.08 Å². The number of hydrogen-bond acceptors (Lipinski definition) is 3. The Bertz CT molecular complexity index is 450. The van der Waals surface area contributed by atoms with E-state index in [4.69, 9.17) is 16.7 Å². The maximum atomic E-state index is 11.6. The van der Waals surface area contributed by atoms with Gasteiger partial charge in [-0.15, -0.1) is 0 Å². The summed E-state index contributed by atoms with van der Waals surface area (Å²) >= 11 is 6.04. The molecule has 0 aliphatic rings. The van der Waals surface area contributed by atoms with E-state index in [-0.39, 0.29) is 18.6 Å². The number of carbonyl (C=O) groups is 1. The van der Waals surface area contributed by atoms with Crippen LogP contribution in [0.5, 0.6) is 0 Å². The first-order chi connectivity index (χ1) is 8.49. The highest BCUT2D eigenvalue weighted by Crippen LogP contribution is 2.19. The molecule has 0 saturated heterocycles. The van der Waals surface area contributed by atoms with Crippen molar-refractivity contribution in [1.29, 1.82) is 0 Å². The first kappa shape index (κ1) is 14.7. The monoisotopic (exact) mass is 271 g/mol. The molecule has 18 heavy (non-hydrogen) atoms. The molecule has 0 bridgehead atoms. The van der Waals surface area contributed by atoms with Crippen molar-refractivity contribution in [1.82, 2.24) is 15.1 Å². The van der Waals surface area contributed by atoms with Gasteiger partial charge in [0.15, 0.2) is 0 Å². The highest BCUT2D eigenvalue weighted by atomic mass is 35.5. The van der Waals surface area contributed by atoms with Crippen LogP contribution >= 0.6 is 11.6 Å². The number of aromatic nitrogens is 2. The summed E-state index contributed by atoms with van der Waals surface area (Å²) in [6.45, 7) is 3.65. The highest BCUT2D eigenvalue weighted by molar-refractivity contribution is 6.31. The van der Waals surface area contributed by atoms with Crippen molar-refractivity contribution in [3.8, 4) is 0 Å². The Morgan fingerprint density at radius 2 is 2.33 bits per heavy atom. The van der Waals surface area contributed by atoms with E-state index in [0.717, 1.165) is 11.3 Å². The van der Waals surface area contributed by atoms with Crippen LogP contribution in [-0.4, -0.2) is 33.4 Å². The molecule has 0 unspecified atom stereocenters. The zero-order valence-corrected chi connectivity index (χ0v) is 11.5. The van der Waals surface area contributed by atoms with Crippen LogP contribution in [-0.2, 0) is 11.8 Å². The summed E-state index contributed by atoms with van der Waals surface area (Å²) in [6, 6.07) is -0.215. The van der Waals surface area contributed by atoms with E-state index in [0.29, 0.717) is 11.6 Å². The lowest BCUT2D eigenvalue weighted by molar-refractivity contribution is -0.117. The maximum Gasteiger partial charge on any atom is 0.244 e. The van der Waals surface area contributed by atoms with Gasteiger partial charge in [-0.1, -0.05) is 18.5 Å². The molecule has 0 spiro atoms. The molecule has 1 atom stereocenters. The van der Waals surface area contributed by atoms with E-state index in [1.54, 1.807) is 17.8 Å². The van der Waals surface area contributed by atoms with Crippen molar-refractivity contribution in [3.63, 3.8) is 0 Å². The molecule has 1 aromatic rings. The van der Waals surface area contributed by atoms with Gasteiger partial charge in [0, 0.05) is 18.7 Å². The summed E-state index contributed by atoms with van der Waals surface area (Å²) in [4.78, 5) is 11.6. The molecular formula is C12H18ClN3O2. The minimum absolute atomic E-state index is 0.0667. The second kappa shape index (κ2) is 6.56. The van der Waals surface area contributed by atoms with Crippen LogP contribution in [0.25, 0.3) is 6.08 Å². The molecule has 0 aliphatic heterocycles. The molecule has 0 aromatic carbocycles. The second-order valence-corrected chi connectivity index (χ2v) is 4.40. The fourth-order valence-electron chi connectivity index (χ4n) is 1.52. The first-order valence-corrected chi connectivity index (χ1v) is 6.15. The zero-order chi connectivity index (χ0) is 13.7. The lowest BCUT2D eigenvalue weighted by atomic mass is 10.2. The number of carbonyl (C=O) groups excluding carboxylic acids is 1. The SMILES string of the molecule is CC[C@H](CO)NC(=O)/C=C/c1c(C)nn(C)c1Cl. The van der Waals surface area contributed by atoms with Crippen molar-refractivity contribution >= 4 is 23.6 Å². The number of nitrogens with zero attached hydrogens (tertiary/aromatic N) is 2. The topological polar surface area (TPSA) is 67.2 Å². The van der Waals surface area contributed by atoms with E-state index >= 15 is 0 Å². The number of rotatable bonds is 5. The van der Waals surface area contributed by atoms with Gasteiger partial charge in [-0.3, -0.25) is 9.48 Å². The lowest BCUT2D eigenvalue weighted by Gasteiger charge is -2.11. The molecule has 5 nitrogen and oxygen atoms in total. The molecular weight excluding hydrogens is 254 g/mol. The Labute approximate surface area is 111 Å². The molecule has 0 saturated carbocycles. The van der Waals surface area contributed by atoms with Gasteiger partial charge in [0.25, 0.3) is 0 Å². The van der Waals surface area contributed by atoms with E-state index in [1.807, 2.05) is 13.8 Å². The van der Waals surface area contributed by atoms with Crippen molar-refractivity contribution in [2.24, 2.45) is 7.05 Å². The fourth-order valence-corrected chi connectivity index (χ4v) is 1.76. The molecule has 1 amide bonds. The average molecular weight is 272 g/mol. The minimum Gasteiger partial charge on any atom is -0.394 e. The summed E-state index contributed by atoms with van der Waals surface area (Å²) in [6.07, 6.45) is 3.71. The van der Waals surface area contributed by atoms with Crippen LogP contribution in [0.4, 0.5) is 0 Å². The van der Waals surface area contributed by atoms with Crippen molar-refractivity contribution in [2.75, 3.05) is 6.61 Å². The fraction of sp³-hybridized carbons (Fsp3) is 0.500. The van der Waals surface area contributed by atoms with Crippen molar-refractivity contribution in [3.05, 3.63) is 22.5 Å².